The molecule has 4 N–H and O–H groups in total. The maximum Gasteiger partial charge on any atom is 0.251 e. The highest BCUT2D eigenvalue weighted by Crippen LogP contribution is 2.22. The molecule has 0 saturated carbocycles. The zero-order chi connectivity index (χ0) is 32.4. The van der Waals surface area contributed by atoms with Gasteiger partial charge in [0.15, 0.2) is 0 Å². The molecule has 1 aromatic heterocycles. The molecule has 0 aliphatic rings. The second-order valence-corrected chi connectivity index (χ2v) is 12.8. The SMILES string of the molecule is CC(NC(=O)c1cc(C(=O)NC(Cc2ccccc2)C(O)CNCc2cnccn2)cc(N(C)S(C)(=O)=O)c1)c1ccccc1. The number of carbonyl (C=O) groups is 2. The highest BCUT2D eigenvalue weighted by atomic mass is 32.2. The van der Waals surface area contributed by atoms with E-state index in [4.69, 9.17) is 0 Å². The molecule has 3 aromatic carbocycles. The summed E-state index contributed by atoms with van der Waals surface area (Å²) >= 11 is 0. The van der Waals surface area contributed by atoms with Crippen LogP contribution in [0.2, 0.25) is 0 Å². The molecule has 0 spiro atoms. The topological polar surface area (TPSA) is 154 Å². The molecule has 0 saturated heterocycles. The molecule has 12 heteroatoms. The summed E-state index contributed by atoms with van der Waals surface area (Å²) in [6, 6.07) is 22.0. The van der Waals surface area contributed by atoms with Gasteiger partial charge in [0.05, 0.1) is 35.8 Å². The smallest absolute Gasteiger partial charge is 0.251 e. The number of nitrogens with one attached hydrogen (secondary N) is 3. The van der Waals surface area contributed by atoms with E-state index < -0.39 is 34.0 Å². The molecule has 11 nitrogen and oxygen atoms in total. The molecular formula is C33H38N6O5S. The van der Waals surface area contributed by atoms with Gasteiger partial charge < -0.3 is 21.1 Å². The van der Waals surface area contributed by atoms with Crippen molar-refractivity contribution in [2.75, 3.05) is 24.2 Å². The van der Waals surface area contributed by atoms with Crippen molar-refractivity contribution < 1.29 is 23.1 Å². The Labute approximate surface area is 263 Å². The third kappa shape index (κ3) is 9.67. The fraction of sp³-hybridized carbons (Fsp3) is 0.273. The van der Waals surface area contributed by atoms with E-state index >= 15 is 0 Å². The second-order valence-electron chi connectivity index (χ2n) is 10.8. The average Bonchev–Trinajstić information content (AvgIpc) is 3.04. The molecule has 0 aliphatic heterocycles. The number of carbonyl (C=O) groups excluding carboxylic acids is 2. The molecule has 3 unspecified atom stereocenters. The van der Waals surface area contributed by atoms with Crippen LogP contribution in [0.5, 0.6) is 0 Å². The second kappa shape index (κ2) is 15.4. The Morgan fingerprint density at radius 3 is 2.13 bits per heavy atom. The predicted octanol–water partition coefficient (Wildman–Crippen LogP) is 2.86. The normalized spacial score (nSPS) is 13.3. The van der Waals surface area contributed by atoms with Gasteiger partial charge in [-0.1, -0.05) is 60.7 Å². The van der Waals surface area contributed by atoms with Crippen LogP contribution in [0.1, 0.15) is 50.5 Å². The Morgan fingerprint density at radius 1 is 0.911 bits per heavy atom. The van der Waals surface area contributed by atoms with Crippen LogP contribution in [0.4, 0.5) is 5.69 Å². The lowest BCUT2D eigenvalue weighted by Crippen LogP contribution is -2.48. The molecular weight excluding hydrogens is 592 g/mol. The zero-order valence-corrected chi connectivity index (χ0v) is 26.2. The summed E-state index contributed by atoms with van der Waals surface area (Å²) in [5.74, 6) is -1.05. The van der Waals surface area contributed by atoms with Gasteiger partial charge in [0.1, 0.15) is 0 Å². The average molecular weight is 631 g/mol. The van der Waals surface area contributed by atoms with Gasteiger partial charge >= 0.3 is 0 Å². The van der Waals surface area contributed by atoms with Crippen LogP contribution < -0.4 is 20.3 Å². The number of sulfonamides is 1. The number of aliphatic hydroxyl groups is 1. The number of nitrogens with zero attached hydrogens (tertiary/aromatic N) is 3. The van der Waals surface area contributed by atoms with Gasteiger partial charge in [-0.05, 0) is 42.7 Å². The van der Waals surface area contributed by atoms with Gasteiger partial charge in [-0.15, -0.1) is 0 Å². The van der Waals surface area contributed by atoms with Gasteiger partial charge in [0.2, 0.25) is 10.0 Å². The fourth-order valence-electron chi connectivity index (χ4n) is 4.67. The van der Waals surface area contributed by atoms with Gasteiger partial charge in [-0.25, -0.2) is 8.42 Å². The highest BCUT2D eigenvalue weighted by Gasteiger charge is 2.25. The first kappa shape index (κ1) is 33.2. The molecule has 236 valence electrons. The minimum Gasteiger partial charge on any atom is -0.390 e. The van der Waals surface area contributed by atoms with E-state index in [0.717, 1.165) is 21.7 Å². The first-order chi connectivity index (χ1) is 21.5. The summed E-state index contributed by atoms with van der Waals surface area (Å²) in [6.07, 6.45) is 5.14. The van der Waals surface area contributed by atoms with E-state index in [1.54, 1.807) is 18.6 Å². The molecule has 3 atom stereocenters. The summed E-state index contributed by atoms with van der Waals surface area (Å²) in [5, 5.41) is 20.2. The number of hydrogen-bond acceptors (Lipinski definition) is 8. The zero-order valence-electron chi connectivity index (χ0n) is 25.4. The van der Waals surface area contributed by atoms with Crippen LogP contribution in [0, 0.1) is 0 Å². The molecule has 4 rings (SSSR count). The molecule has 1 heterocycles. The largest absolute Gasteiger partial charge is 0.390 e. The van der Waals surface area contributed by atoms with E-state index in [1.165, 1.54) is 25.2 Å². The van der Waals surface area contributed by atoms with Gasteiger partial charge in [0.25, 0.3) is 11.8 Å². The van der Waals surface area contributed by atoms with Crippen LogP contribution in [0.15, 0.2) is 97.5 Å². The summed E-state index contributed by atoms with van der Waals surface area (Å²) in [6.45, 7) is 2.36. The lowest BCUT2D eigenvalue weighted by atomic mass is 10.00. The molecule has 0 radical (unpaired) electrons. The van der Waals surface area contributed by atoms with Crippen LogP contribution in [-0.2, 0) is 23.0 Å². The standard InChI is InChI=1S/C33H38N6O5S/c1-23(25-12-8-5-9-13-25)37-32(41)26-17-27(19-29(18-26)39(2)45(3,43)44)33(42)38-30(16-24-10-6-4-7-11-24)31(40)22-35-21-28-20-34-14-15-36-28/h4-15,17-20,23,30-31,35,40H,16,21-22H2,1-3H3,(H,37,41)(H,38,42). The lowest BCUT2D eigenvalue weighted by Gasteiger charge is -2.25. The van der Waals surface area contributed by atoms with E-state index in [9.17, 15) is 23.1 Å². The van der Waals surface area contributed by atoms with Crippen molar-refractivity contribution in [3.8, 4) is 0 Å². The van der Waals surface area contributed by atoms with Crippen LogP contribution >= 0.6 is 0 Å². The molecule has 45 heavy (non-hydrogen) atoms. The van der Waals surface area contributed by atoms with E-state index in [0.29, 0.717) is 18.7 Å². The number of amides is 2. The summed E-state index contributed by atoms with van der Waals surface area (Å²) in [4.78, 5) is 35.4. The lowest BCUT2D eigenvalue weighted by molar-refractivity contribution is 0.0829. The number of aromatic nitrogens is 2. The Morgan fingerprint density at radius 2 is 1.53 bits per heavy atom. The van der Waals surface area contributed by atoms with Gasteiger partial charge in [-0.2, -0.15) is 0 Å². The van der Waals surface area contributed by atoms with Crippen molar-refractivity contribution in [2.45, 2.75) is 38.1 Å². The monoisotopic (exact) mass is 630 g/mol. The number of hydrogen-bond donors (Lipinski definition) is 4. The van der Waals surface area contributed by atoms with Crippen LogP contribution in [0.25, 0.3) is 0 Å². The van der Waals surface area contributed by atoms with Crippen molar-refractivity contribution in [1.82, 2.24) is 25.9 Å². The first-order valence-corrected chi connectivity index (χ1v) is 16.3. The number of anilines is 1. The van der Waals surface area contributed by atoms with Gasteiger partial charge in [-0.3, -0.25) is 23.9 Å². The number of rotatable bonds is 14. The van der Waals surface area contributed by atoms with E-state index in [-0.39, 0.29) is 29.4 Å². The summed E-state index contributed by atoms with van der Waals surface area (Å²) in [7, 11) is -2.35. The Balaban J connectivity index is 1.58. The summed E-state index contributed by atoms with van der Waals surface area (Å²) < 4.78 is 25.8. The minimum atomic E-state index is -3.71. The van der Waals surface area contributed by atoms with Crippen molar-refractivity contribution in [1.29, 1.82) is 0 Å². The van der Waals surface area contributed by atoms with Crippen molar-refractivity contribution >= 4 is 27.5 Å². The molecule has 0 fully saturated rings. The number of benzene rings is 3. The Hall–Kier alpha value is -4.65. The van der Waals surface area contributed by atoms with E-state index in [2.05, 4.69) is 25.9 Å². The van der Waals surface area contributed by atoms with Crippen LogP contribution in [0.3, 0.4) is 0 Å². The predicted molar refractivity (Wildman–Crippen MR) is 173 cm³/mol. The first-order valence-electron chi connectivity index (χ1n) is 14.4. The van der Waals surface area contributed by atoms with Gasteiger partial charge in [0, 0.05) is 49.9 Å². The quantitative estimate of drug-likeness (QED) is 0.166. The third-order valence-corrected chi connectivity index (χ3v) is 8.51. The molecule has 2 amide bonds. The minimum absolute atomic E-state index is 0.0679. The molecule has 0 aliphatic carbocycles. The summed E-state index contributed by atoms with van der Waals surface area (Å²) in [5.41, 5.74) is 2.82. The third-order valence-electron chi connectivity index (χ3n) is 7.31. The molecule has 0 bridgehead atoms. The Kier molecular flexibility index (Phi) is 11.4. The molecule has 4 aromatic rings. The van der Waals surface area contributed by atoms with Crippen molar-refractivity contribution in [2.24, 2.45) is 0 Å². The maximum atomic E-state index is 13.7. The van der Waals surface area contributed by atoms with Crippen molar-refractivity contribution in [3.05, 3.63) is 125 Å². The fourth-order valence-corrected chi connectivity index (χ4v) is 5.15. The van der Waals surface area contributed by atoms with Crippen LogP contribution in [-0.4, -0.2) is 67.3 Å². The highest BCUT2D eigenvalue weighted by molar-refractivity contribution is 7.92. The maximum absolute atomic E-state index is 13.7. The Bertz CT molecular complexity index is 1670. The van der Waals surface area contributed by atoms with Crippen molar-refractivity contribution in [3.63, 3.8) is 0 Å². The number of aliphatic hydroxyl groups excluding tert-OH is 1. The van der Waals surface area contributed by atoms with E-state index in [1.807, 2.05) is 67.6 Å².